The molecule has 3 aliphatic rings. The number of H-pyrrole nitrogens is 1. The van der Waals surface area contributed by atoms with Crippen molar-refractivity contribution in [2.75, 3.05) is 44.2 Å². The van der Waals surface area contributed by atoms with Crippen LogP contribution in [0, 0.1) is 0 Å². The summed E-state index contributed by atoms with van der Waals surface area (Å²) in [7, 11) is 0. The van der Waals surface area contributed by atoms with Gasteiger partial charge in [0.2, 0.25) is 0 Å². The number of hydrogen-bond acceptors (Lipinski definition) is 3. The Kier molecular flexibility index (Phi) is 5.58. The summed E-state index contributed by atoms with van der Waals surface area (Å²) in [6.07, 6.45) is 9.81. The molecule has 172 valence electrons. The minimum absolute atomic E-state index is 0.140. The predicted molar refractivity (Wildman–Crippen MR) is 134 cm³/mol. The summed E-state index contributed by atoms with van der Waals surface area (Å²) in [6, 6.07) is 16.0. The van der Waals surface area contributed by atoms with Crippen molar-refractivity contribution in [2.45, 2.75) is 44.6 Å². The fraction of sp³-hybridized carbons (Fsp3) is 0.464. The molecule has 0 unspecified atom stereocenters. The van der Waals surface area contributed by atoms with Crippen molar-refractivity contribution >= 4 is 22.5 Å². The molecule has 3 aromatic rings. The molecule has 1 aliphatic carbocycles. The van der Waals surface area contributed by atoms with Crippen LogP contribution in [-0.4, -0.2) is 66.0 Å². The third-order valence-corrected chi connectivity index (χ3v) is 8.12. The highest BCUT2D eigenvalue weighted by atomic mass is 16.2. The molecular weight excluding hydrogens is 408 g/mol. The zero-order valence-corrected chi connectivity index (χ0v) is 19.4. The molecule has 5 nitrogen and oxygen atoms in total. The topological polar surface area (TPSA) is 42.6 Å². The molecule has 6 rings (SSSR count). The van der Waals surface area contributed by atoms with Gasteiger partial charge in [0, 0.05) is 68.1 Å². The van der Waals surface area contributed by atoms with Crippen molar-refractivity contribution in [2.24, 2.45) is 0 Å². The molecule has 1 amide bonds. The number of hydrogen-bond donors (Lipinski definition) is 1. The number of amides is 1. The number of rotatable bonds is 3. The fourth-order valence-electron chi connectivity index (χ4n) is 6.15. The van der Waals surface area contributed by atoms with Crippen molar-refractivity contribution in [3.63, 3.8) is 0 Å². The maximum absolute atomic E-state index is 13.2. The van der Waals surface area contributed by atoms with Crippen molar-refractivity contribution in [3.8, 4) is 0 Å². The fourth-order valence-corrected chi connectivity index (χ4v) is 6.15. The Morgan fingerprint density at radius 3 is 2.42 bits per heavy atom. The number of carbonyl (C=O) groups excluding carboxylic acids is 1. The van der Waals surface area contributed by atoms with Gasteiger partial charge in [0.25, 0.3) is 5.91 Å². The van der Waals surface area contributed by atoms with Crippen molar-refractivity contribution in [1.29, 1.82) is 0 Å². The van der Waals surface area contributed by atoms with E-state index in [1.165, 1.54) is 68.4 Å². The molecule has 1 saturated carbocycles. The number of para-hydroxylation sites is 1. The van der Waals surface area contributed by atoms with E-state index in [0.717, 1.165) is 48.7 Å². The van der Waals surface area contributed by atoms with Gasteiger partial charge in [-0.1, -0.05) is 37.1 Å². The van der Waals surface area contributed by atoms with E-state index < -0.39 is 0 Å². The van der Waals surface area contributed by atoms with Crippen LogP contribution in [0.4, 0.5) is 5.69 Å². The van der Waals surface area contributed by atoms with E-state index in [4.69, 9.17) is 0 Å². The summed E-state index contributed by atoms with van der Waals surface area (Å²) in [4.78, 5) is 23.6. The first-order chi connectivity index (χ1) is 16.3. The number of fused-ring (bicyclic) bond motifs is 2. The minimum atomic E-state index is 0.140. The number of anilines is 1. The van der Waals surface area contributed by atoms with Crippen molar-refractivity contribution in [1.82, 2.24) is 14.8 Å². The van der Waals surface area contributed by atoms with Crippen LogP contribution in [0.1, 0.15) is 47.2 Å². The molecule has 2 fully saturated rings. The number of nitrogens with one attached hydrogen (secondary N) is 1. The maximum atomic E-state index is 13.2. The van der Waals surface area contributed by atoms with Crippen LogP contribution >= 0.6 is 0 Å². The average molecular weight is 443 g/mol. The number of aromatic amines is 1. The van der Waals surface area contributed by atoms with Crippen LogP contribution in [0.5, 0.6) is 0 Å². The van der Waals surface area contributed by atoms with Gasteiger partial charge in [-0.05, 0) is 55.0 Å². The lowest BCUT2D eigenvalue weighted by Crippen LogP contribution is -2.48. The Balaban J connectivity index is 1.11. The lowest BCUT2D eigenvalue weighted by Gasteiger charge is -2.36. The highest BCUT2D eigenvalue weighted by Crippen LogP contribution is 2.29. The molecule has 0 bridgehead atoms. The van der Waals surface area contributed by atoms with Gasteiger partial charge in [0.15, 0.2) is 0 Å². The number of nitrogens with zero attached hydrogens (tertiary/aromatic N) is 3. The Bertz CT molecular complexity index is 1140. The van der Waals surface area contributed by atoms with Crippen molar-refractivity contribution in [3.05, 3.63) is 65.4 Å². The van der Waals surface area contributed by atoms with Crippen LogP contribution in [0.3, 0.4) is 0 Å². The summed E-state index contributed by atoms with van der Waals surface area (Å²) < 4.78 is 0. The molecule has 0 radical (unpaired) electrons. The van der Waals surface area contributed by atoms with E-state index in [2.05, 4.69) is 33.0 Å². The lowest BCUT2D eigenvalue weighted by molar-refractivity contribution is 0.0749. The molecule has 1 N–H and O–H groups in total. The lowest BCUT2D eigenvalue weighted by atomic mass is 10.0. The van der Waals surface area contributed by atoms with Crippen molar-refractivity contribution < 1.29 is 4.79 Å². The van der Waals surface area contributed by atoms with E-state index in [-0.39, 0.29) is 5.91 Å². The third kappa shape index (κ3) is 4.04. The highest BCUT2D eigenvalue weighted by Gasteiger charge is 2.26. The Morgan fingerprint density at radius 1 is 0.848 bits per heavy atom. The molecule has 33 heavy (non-hydrogen) atoms. The average Bonchev–Trinajstić information content (AvgIpc) is 3.50. The SMILES string of the molecule is O=C(c1c[nH]c2ccccc12)N1CCN(c2ccc3c(c2)CCN(C2CCCC2)CC3)CC1. The zero-order valence-electron chi connectivity index (χ0n) is 19.4. The second kappa shape index (κ2) is 8.86. The molecule has 2 aliphatic heterocycles. The smallest absolute Gasteiger partial charge is 0.256 e. The summed E-state index contributed by atoms with van der Waals surface area (Å²) in [5.74, 6) is 0.140. The number of benzene rings is 2. The van der Waals surface area contributed by atoms with E-state index in [0.29, 0.717) is 0 Å². The molecule has 0 spiro atoms. The minimum Gasteiger partial charge on any atom is -0.368 e. The molecule has 1 saturated heterocycles. The van der Waals surface area contributed by atoms with Crippen LogP contribution in [-0.2, 0) is 12.8 Å². The van der Waals surface area contributed by atoms with E-state index in [1.807, 2.05) is 35.4 Å². The first kappa shape index (κ1) is 20.8. The molecule has 1 aromatic heterocycles. The van der Waals surface area contributed by atoms with Crippen LogP contribution in [0.15, 0.2) is 48.7 Å². The second-order valence-corrected chi connectivity index (χ2v) is 9.95. The maximum Gasteiger partial charge on any atom is 0.256 e. The number of aromatic nitrogens is 1. The highest BCUT2D eigenvalue weighted by molar-refractivity contribution is 6.06. The zero-order chi connectivity index (χ0) is 22.2. The molecule has 0 atom stereocenters. The van der Waals surface area contributed by atoms with Gasteiger partial charge in [-0.25, -0.2) is 0 Å². The Hall–Kier alpha value is -2.79. The van der Waals surface area contributed by atoms with E-state index >= 15 is 0 Å². The largest absolute Gasteiger partial charge is 0.368 e. The monoisotopic (exact) mass is 442 g/mol. The van der Waals surface area contributed by atoms with Gasteiger partial charge >= 0.3 is 0 Å². The molecule has 3 heterocycles. The Morgan fingerprint density at radius 2 is 1.61 bits per heavy atom. The van der Waals surface area contributed by atoms with Crippen LogP contribution in [0.25, 0.3) is 10.9 Å². The van der Waals surface area contributed by atoms with Gasteiger partial charge in [-0.15, -0.1) is 0 Å². The second-order valence-electron chi connectivity index (χ2n) is 9.95. The third-order valence-electron chi connectivity index (χ3n) is 8.12. The van der Waals surface area contributed by atoms with Crippen LogP contribution < -0.4 is 4.90 Å². The van der Waals surface area contributed by atoms with E-state index in [1.54, 1.807) is 0 Å². The Labute approximate surface area is 196 Å². The quantitative estimate of drug-likeness (QED) is 0.651. The van der Waals surface area contributed by atoms with Gasteiger partial charge < -0.3 is 14.8 Å². The van der Waals surface area contributed by atoms with Gasteiger partial charge in [-0.2, -0.15) is 0 Å². The summed E-state index contributed by atoms with van der Waals surface area (Å²) in [5.41, 5.74) is 6.20. The van der Waals surface area contributed by atoms with Crippen LogP contribution in [0.2, 0.25) is 0 Å². The van der Waals surface area contributed by atoms with Gasteiger partial charge in [0.05, 0.1) is 5.56 Å². The molecule has 2 aromatic carbocycles. The molecule has 5 heteroatoms. The first-order valence-corrected chi connectivity index (χ1v) is 12.7. The summed E-state index contributed by atoms with van der Waals surface area (Å²) in [5, 5.41) is 1.02. The predicted octanol–water partition coefficient (Wildman–Crippen LogP) is 4.47. The van der Waals surface area contributed by atoms with Gasteiger partial charge in [-0.3, -0.25) is 9.69 Å². The standard InChI is InChI=1S/C28H34N4O/c33-28(26-20-29-27-8-4-3-7-25(26)27)32-17-15-31(16-18-32)24-10-9-21-11-13-30(14-12-22(21)19-24)23-5-1-2-6-23/h3-4,7-10,19-20,23,29H,1-2,5-6,11-18H2. The summed E-state index contributed by atoms with van der Waals surface area (Å²) in [6.45, 7) is 5.73. The summed E-state index contributed by atoms with van der Waals surface area (Å²) >= 11 is 0. The van der Waals surface area contributed by atoms with E-state index in [9.17, 15) is 4.79 Å². The normalized spacial score (nSPS) is 20.2. The number of carbonyl (C=O) groups is 1. The first-order valence-electron chi connectivity index (χ1n) is 12.7. The molecular formula is C28H34N4O. The number of piperazine rings is 1. The van der Waals surface area contributed by atoms with Gasteiger partial charge in [0.1, 0.15) is 0 Å².